The summed E-state index contributed by atoms with van der Waals surface area (Å²) in [5.41, 5.74) is 2.68. The topological polar surface area (TPSA) is 55.1 Å². The highest BCUT2D eigenvalue weighted by Crippen LogP contribution is 2.28. The highest BCUT2D eigenvalue weighted by Gasteiger charge is 2.29. The van der Waals surface area contributed by atoms with Gasteiger partial charge in [0.05, 0.1) is 0 Å². The number of aryl methyl sites for hydroxylation is 1. The van der Waals surface area contributed by atoms with E-state index < -0.39 is 0 Å². The zero-order valence-electron chi connectivity index (χ0n) is 9.69. The molecule has 17 heavy (non-hydrogen) atoms. The fourth-order valence-electron chi connectivity index (χ4n) is 1.87. The first kappa shape index (κ1) is 10.3. The van der Waals surface area contributed by atoms with E-state index in [4.69, 9.17) is 4.42 Å². The fourth-order valence-corrected chi connectivity index (χ4v) is 1.87. The van der Waals surface area contributed by atoms with Crippen molar-refractivity contribution in [1.82, 2.24) is 10.3 Å². The predicted molar refractivity (Wildman–Crippen MR) is 63.3 cm³/mol. The summed E-state index contributed by atoms with van der Waals surface area (Å²) in [5.74, 6) is 1.09. The van der Waals surface area contributed by atoms with E-state index in [2.05, 4.69) is 10.3 Å². The molecule has 1 saturated carbocycles. The standard InChI is InChI=1S/C13H14N2O2/c1-8-15-11-5-2-9(6-12(11)17-8)7-14-13(16)10-3-4-10/h2,5-6,10H,3-4,7H2,1H3,(H,14,16). The lowest BCUT2D eigenvalue weighted by Crippen LogP contribution is -2.24. The summed E-state index contributed by atoms with van der Waals surface area (Å²) < 4.78 is 5.45. The molecule has 1 N–H and O–H groups in total. The van der Waals surface area contributed by atoms with E-state index in [9.17, 15) is 4.79 Å². The molecule has 0 unspecified atom stereocenters. The second-order valence-electron chi connectivity index (χ2n) is 4.53. The van der Waals surface area contributed by atoms with Gasteiger partial charge in [-0.1, -0.05) is 6.07 Å². The van der Waals surface area contributed by atoms with Crippen molar-refractivity contribution in [2.24, 2.45) is 5.92 Å². The van der Waals surface area contributed by atoms with Crippen LogP contribution >= 0.6 is 0 Å². The van der Waals surface area contributed by atoms with Crippen molar-refractivity contribution in [3.05, 3.63) is 29.7 Å². The van der Waals surface area contributed by atoms with Crippen molar-refractivity contribution >= 4 is 17.0 Å². The second kappa shape index (κ2) is 3.87. The molecule has 0 atom stereocenters. The summed E-state index contributed by atoms with van der Waals surface area (Å²) in [6.45, 7) is 2.39. The second-order valence-corrected chi connectivity index (χ2v) is 4.53. The number of nitrogens with one attached hydrogen (secondary N) is 1. The molecule has 0 aliphatic heterocycles. The van der Waals surface area contributed by atoms with Gasteiger partial charge in [0.25, 0.3) is 0 Å². The molecule has 1 aliphatic carbocycles. The molecule has 2 aromatic rings. The van der Waals surface area contributed by atoms with Gasteiger partial charge in [0.1, 0.15) is 5.52 Å². The van der Waals surface area contributed by atoms with Gasteiger partial charge in [0.15, 0.2) is 11.5 Å². The number of carbonyl (C=O) groups is 1. The SMILES string of the molecule is Cc1nc2ccc(CNC(=O)C3CC3)cc2o1. The third-order valence-corrected chi connectivity index (χ3v) is 2.97. The average molecular weight is 230 g/mol. The minimum absolute atomic E-state index is 0.166. The van der Waals surface area contributed by atoms with Gasteiger partial charge in [-0.3, -0.25) is 4.79 Å². The number of amides is 1. The number of fused-ring (bicyclic) bond motifs is 1. The maximum absolute atomic E-state index is 11.5. The monoisotopic (exact) mass is 230 g/mol. The van der Waals surface area contributed by atoms with Crippen LogP contribution in [0.3, 0.4) is 0 Å². The number of hydrogen-bond acceptors (Lipinski definition) is 3. The van der Waals surface area contributed by atoms with Crippen LogP contribution in [0.25, 0.3) is 11.1 Å². The summed E-state index contributed by atoms with van der Waals surface area (Å²) in [5, 5.41) is 2.93. The third-order valence-electron chi connectivity index (χ3n) is 2.97. The number of nitrogens with zero attached hydrogens (tertiary/aromatic N) is 1. The maximum atomic E-state index is 11.5. The lowest BCUT2D eigenvalue weighted by Gasteiger charge is -2.03. The highest BCUT2D eigenvalue weighted by molar-refractivity contribution is 5.81. The van der Waals surface area contributed by atoms with Crippen LogP contribution in [0.15, 0.2) is 22.6 Å². The Morgan fingerprint density at radius 2 is 2.35 bits per heavy atom. The van der Waals surface area contributed by atoms with Crippen molar-refractivity contribution in [3.63, 3.8) is 0 Å². The first-order valence-electron chi connectivity index (χ1n) is 5.86. The number of oxazole rings is 1. The summed E-state index contributed by atoms with van der Waals surface area (Å²) in [6.07, 6.45) is 2.07. The summed E-state index contributed by atoms with van der Waals surface area (Å²) in [6, 6.07) is 5.82. The van der Waals surface area contributed by atoms with Gasteiger partial charge in [0, 0.05) is 19.4 Å². The van der Waals surface area contributed by atoms with Gasteiger partial charge in [-0.25, -0.2) is 4.98 Å². The lowest BCUT2D eigenvalue weighted by molar-refractivity contribution is -0.122. The number of aromatic nitrogens is 1. The molecule has 1 aromatic carbocycles. The third kappa shape index (κ3) is 2.16. The fraction of sp³-hybridized carbons (Fsp3) is 0.385. The van der Waals surface area contributed by atoms with E-state index in [0.717, 1.165) is 29.5 Å². The van der Waals surface area contributed by atoms with Gasteiger partial charge in [-0.15, -0.1) is 0 Å². The minimum Gasteiger partial charge on any atom is -0.441 e. The minimum atomic E-state index is 0.166. The molecular weight excluding hydrogens is 216 g/mol. The normalized spacial score (nSPS) is 15.1. The van der Waals surface area contributed by atoms with Gasteiger partial charge in [0.2, 0.25) is 5.91 Å². The van der Waals surface area contributed by atoms with E-state index in [1.54, 1.807) is 0 Å². The van der Waals surface area contributed by atoms with Crippen LogP contribution in [0.4, 0.5) is 0 Å². The van der Waals surface area contributed by atoms with Crippen LogP contribution in [0.2, 0.25) is 0 Å². The first-order chi connectivity index (χ1) is 8.22. The van der Waals surface area contributed by atoms with E-state index in [-0.39, 0.29) is 11.8 Å². The Hall–Kier alpha value is -1.84. The van der Waals surface area contributed by atoms with Crippen molar-refractivity contribution in [3.8, 4) is 0 Å². The van der Waals surface area contributed by atoms with Crippen molar-refractivity contribution in [1.29, 1.82) is 0 Å². The molecule has 1 aliphatic rings. The molecule has 4 heteroatoms. The molecule has 4 nitrogen and oxygen atoms in total. The molecule has 1 aromatic heterocycles. The molecule has 0 spiro atoms. The summed E-state index contributed by atoms with van der Waals surface area (Å²) in [7, 11) is 0. The summed E-state index contributed by atoms with van der Waals surface area (Å²) in [4.78, 5) is 15.7. The average Bonchev–Trinajstić information content (AvgIpc) is 3.08. The van der Waals surface area contributed by atoms with E-state index in [0.29, 0.717) is 12.4 Å². The van der Waals surface area contributed by atoms with Crippen molar-refractivity contribution in [2.45, 2.75) is 26.3 Å². The van der Waals surface area contributed by atoms with Crippen LogP contribution in [-0.2, 0) is 11.3 Å². The Morgan fingerprint density at radius 1 is 1.53 bits per heavy atom. The molecule has 3 rings (SSSR count). The van der Waals surface area contributed by atoms with Crippen LogP contribution in [0.1, 0.15) is 24.3 Å². The van der Waals surface area contributed by atoms with Crippen molar-refractivity contribution in [2.75, 3.05) is 0 Å². The Bertz CT molecular complexity index is 570. The smallest absolute Gasteiger partial charge is 0.223 e. The molecule has 88 valence electrons. The van der Waals surface area contributed by atoms with Crippen molar-refractivity contribution < 1.29 is 9.21 Å². The largest absolute Gasteiger partial charge is 0.441 e. The Balaban J connectivity index is 1.73. The first-order valence-corrected chi connectivity index (χ1v) is 5.86. The number of rotatable bonds is 3. The molecule has 1 heterocycles. The molecule has 0 saturated heterocycles. The molecule has 0 radical (unpaired) electrons. The molecule has 0 bridgehead atoms. The van der Waals surface area contributed by atoms with Gasteiger partial charge in [-0.05, 0) is 30.5 Å². The van der Waals surface area contributed by atoms with Crippen LogP contribution in [0, 0.1) is 12.8 Å². The van der Waals surface area contributed by atoms with E-state index in [1.807, 2.05) is 25.1 Å². The van der Waals surface area contributed by atoms with Crippen LogP contribution < -0.4 is 5.32 Å². The zero-order chi connectivity index (χ0) is 11.8. The Labute approximate surface area is 99.0 Å². The van der Waals surface area contributed by atoms with Crippen LogP contribution in [-0.4, -0.2) is 10.9 Å². The number of carbonyl (C=O) groups excluding carboxylic acids is 1. The predicted octanol–water partition coefficient (Wildman–Crippen LogP) is 2.16. The maximum Gasteiger partial charge on any atom is 0.223 e. The molecular formula is C13H14N2O2. The number of benzene rings is 1. The van der Waals surface area contributed by atoms with Crippen LogP contribution in [0.5, 0.6) is 0 Å². The van der Waals surface area contributed by atoms with Gasteiger partial charge in [-0.2, -0.15) is 0 Å². The quantitative estimate of drug-likeness (QED) is 0.879. The Morgan fingerprint density at radius 3 is 3.12 bits per heavy atom. The highest BCUT2D eigenvalue weighted by atomic mass is 16.3. The van der Waals surface area contributed by atoms with E-state index in [1.165, 1.54) is 0 Å². The summed E-state index contributed by atoms with van der Waals surface area (Å²) >= 11 is 0. The van der Waals surface area contributed by atoms with Gasteiger partial charge >= 0.3 is 0 Å². The molecule has 1 fully saturated rings. The van der Waals surface area contributed by atoms with E-state index >= 15 is 0 Å². The molecule has 1 amide bonds. The lowest BCUT2D eigenvalue weighted by atomic mass is 10.2. The zero-order valence-corrected chi connectivity index (χ0v) is 9.69. The van der Waals surface area contributed by atoms with Gasteiger partial charge < -0.3 is 9.73 Å². The number of hydrogen-bond donors (Lipinski definition) is 1. The Kier molecular flexibility index (Phi) is 2.35.